The van der Waals surface area contributed by atoms with Crippen molar-refractivity contribution in [1.82, 2.24) is 0 Å². The highest BCUT2D eigenvalue weighted by Crippen LogP contribution is 2.24. The Morgan fingerprint density at radius 1 is 0.882 bits per heavy atom. The van der Waals surface area contributed by atoms with Gasteiger partial charge in [-0.05, 0) is 25.2 Å². The van der Waals surface area contributed by atoms with Crippen molar-refractivity contribution >= 4 is 25.0 Å². The SMILES string of the molecule is CC[Si](CC)(OC)O[Si](C)(C)C=C[Si](C)(C)C. The molecule has 0 aromatic heterocycles. The molecule has 0 rings (SSSR count). The van der Waals surface area contributed by atoms with Gasteiger partial charge < -0.3 is 8.54 Å². The van der Waals surface area contributed by atoms with Gasteiger partial charge in [0.2, 0.25) is 0 Å². The van der Waals surface area contributed by atoms with Gasteiger partial charge in [-0.25, -0.2) is 0 Å². The second-order valence-corrected chi connectivity index (χ2v) is 19.3. The van der Waals surface area contributed by atoms with Crippen LogP contribution in [-0.2, 0) is 8.54 Å². The van der Waals surface area contributed by atoms with Crippen LogP contribution in [0.2, 0.25) is 44.8 Å². The third-order valence-electron chi connectivity index (χ3n) is 2.88. The fraction of sp³-hybridized carbons (Fsp3) is 0.833. The van der Waals surface area contributed by atoms with Crippen LogP contribution in [0.5, 0.6) is 0 Å². The molecule has 0 atom stereocenters. The maximum absolute atomic E-state index is 6.46. The lowest BCUT2D eigenvalue weighted by Gasteiger charge is -2.34. The van der Waals surface area contributed by atoms with Crippen molar-refractivity contribution in [1.29, 1.82) is 0 Å². The highest BCUT2D eigenvalue weighted by molar-refractivity contribution is 6.88. The van der Waals surface area contributed by atoms with Crippen molar-refractivity contribution < 1.29 is 8.54 Å². The van der Waals surface area contributed by atoms with Crippen molar-refractivity contribution in [3.05, 3.63) is 11.4 Å². The molecule has 2 nitrogen and oxygen atoms in total. The molecule has 0 aliphatic carbocycles. The van der Waals surface area contributed by atoms with E-state index in [2.05, 4.69) is 58.0 Å². The van der Waals surface area contributed by atoms with Crippen molar-refractivity contribution in [3.63, 3.8) is 0 Å². The summed E-state index contributed by atoms with van der Waals surface area (Å²) in [6.45, 7) is 16.0. The summed E-state index contributed by atoms with van der Waals surface area (Å²) in [7, 11) is -2.96. The summed E-state index contributed by atoms with van der Waals surface area (Å²) in [6, 6.07) is 2.08. The molecule has 0 unspecified atom stereocenters. The minimum absolute atomic E-state index is 1.04. The smallest absolute Gasteiger partial charge is 0.327 e. The Kier molecular flexibility index (Phi) is 6.59. The Morgan fingerprint density at radius 3 is 1.65 bits per heavy atom. The van der Waals surface area contributed by atoms with E-state index in [0.717, 1.165) is 12.1 Å². The molecule has 0 bridgehead atoms. The zero-order chi connectivity index (χ0) is 13.7. The summed E-state index contributed by atoms with van der Waals surface area (Å²) in [5.41, 5.74) is 4.78. The normalized spacial score (nSPS) is 14.6. The Morgan fingerprint density at radius 2 is 1.35 bits per heavy atom. The minimum Gasteiger partial charge on any atom is -0.432 e. The summed E-state index contributed by atoms with van der Waals surface area (Å²) in [5, 5.41) is 0. The molecular weight excluding hydrogens is 260 g/mol. The molecule has 0 spiro atoms. The zero-order valence-electron chi connectivity index (χ0n) is 12.9. The molecule has 0 aromatic carbocycles. The molecule has 5 heteroatoms. The molecule has 17 heavy (non-hydrogen) atoms. The van der Waals surface area contributed by atoms with Crippen LogP contribution in [0.1, 0.15) is 13.8 Å². The fourth-order valence-electron chi connectivity index (χ4n) is 1.69. The maximum Gasteiger partial charge on any atom is 0.327 e. The van der Waals surface area contributed by atoms with Gasteiger partial charge in [-0.1, -0.05) is 39.2 Å². The molecule has 0 saturated carbocycles. The molecule has 0 fully saturated rings. The Balaban J connectivity index is 4.79. The minimum atomic E-state index is -1.92. The third kappa shape index (κ3) is 6.71. The van der Waals surface area contributed by atoms with Gasteiger partial charge in [-0.2, -0.15) is 0 Å². The average Bonchev–Trinajstić information content (AvgIpc) is 2.23. The predicted octanol–water partition coefficient (Wildman–Crippen LogP) is 4.31. The van der Waals surface area contributed by atoms with E-state index < -0.39 is 25.0 Å². The Bertz CT molecular complexity index is 245. The van der Waals surface area contributed by atoms with Gasteiger partial charge in [0.15, 0.2) is 8.32 Å². The molecule has 0 heterocycles. The van der Waals surface area contributed by atoms with Crippen molar-refractivity contribution in [2.75, 3.05) is 7.11 Å². The standard InChI is InChI=1S/C12H30O2Si3/c1-9-17(10-2,13-3)14-16(7,8)12-11-15(4,5)6/h11-12H,9-10H2,1-8H3. The predicted molar refractivity (Wildman–Crippen MR) is 84.8 cm³/mol. The van der Waals surface area contributed by atoms with Crippen LogP contribution < -0.4 is 0 Å². The van der Waals surface area contributed by atoms with Crippen LogP contribution in [-0.4, -0.2) is 32.1 Å². The first-order valence-electron chi connectivity index (χ1n) is 6.55. The van der Waals surface area contributed by atoms with E-state index in [0.29, 0.717) is 0 Å². The fourth-order valence-corrected chi connectivity index (χ4v) is 12.0. The first-order valence-corrected chi connectivity index (χ1v) is 15.3. The van der Waals surface area contributed by atoms with Crippen LogP contribution in [0, 0.1) is 0 Å². The van der Waals surface area contributed by atoms with Crippen LogP contribution in [0.3, 0.4) is 0 Å². The maximum atomic E-state index is 6.46. The molecule has 0 N–H and O–H groups in total. The van der Waals surface area contributed by atoms with E-state index >= 15 is 0 Å². The third-order valence-corrected chi connectivity index (χ3v) is 11.8. The van der Waals surface area contributed by atoms with E-state index in [4.69, 9.17) is 8.54 Å². The first-order chi connectivity index (χ1) is 7.60. The molecule has 0 radical (unpaired) electrons. The summed E-state index contributed by atoms with van der Waals surface area (Å²) >= 11 is 0. The highest BCUT2D eigenvalue weighted by Gasteiger charge is 2.38. The van der Waals surface area contributed by atoms with Crippen LogP contribution >= 0.6 is 0 Å². The monoisotopic (exact) mass is 290 g/mol. The first kappa shape index (κ1) is 17.3. The Labute approximate surface area is 111 Å². The molecule has 102 valence electrons. The highest BCUT2D eigenvalue weighted by atomic mass is 28.4. The summed E-state index contributed by atoms with van der Waals surface area (Å²) < 4.78 is 12.2. The van der Waals surface area contributed by atoms with Crippen molar-refractivity contribution in [2.24, 2.45) is 0 Å². The number of hydrogen-bond acceptors (Lipinski definition) is 2. The van der Waals surface area contributed by atoms with Gasteiger partial charge in [0.1, 0.15) is 0 Å². The van der Waals surface area contributed by atoms with E-state index in [1.165, 1.54) is 0 Å². The quantitative estimate of drug-likeness (QED) is 0.651. The van der Waals surface area contributed by atoms with Gasteiger partial charge in [0.05, 0.1) is 8.07 Å². The van der Waals surface area contributed by atoms with Crippen molar-refractivity contribution in [3.8, 4) is 0 Å². The van der Waals surface area contributed by atoms with Gasteiger partial charge in [-0.15, -0.1) is 5.70 Å². The Hall–Kier alpha value is 0.311. The molecular formula is C12H30O2Si3. The summed E-state index contributed by atoms with van der Waals surface area (Å²) in [5.74, 6) is 0. The van der Waals surface area contributed by atoms with Crippen molar-refractivity contribution in [2.45, 2.75) is 58.7 Å². The van der Waals surface area contributed by atoms with E-state index in [1.54, 1.807) is 0 Å². The molecule has 0 aliphatic rings. The van der Waals surface area contributed by atoms with Gasteiger partial charge in [-0.3, -0.25) is 0 Å². The second kappa shape index (κ2) is 6.47. The van der Waals surface area contributed by atoms with Crippen LogP contribution in [0.25, 0.3) is 0 Å². The number of rotatable bonds is 7. The largest absolute Gasteiger partial charge is 0.432 e. The lowest BCUT2D eigenvalue weighted by Crippen LogP contribution is -2.49. The summed E-state index contributed by atoms with van der Waals surface area (Å²) in [6.07, 6.45) is 0. The van der Waals surface area contributed by atoms with Crippen LogP contribution in [0.15, 0.2) is 11.4 Å². The van der Waals surface area contributed by atoms with Gasteiger partial charge in [0.25, 0.3) is 0 Å². The molecule has 0 saturated heterocycles. The van der Waals surface area contributed by atoms with Gasteiger partial charge in [0, 0.05) is 7.11 Å². The average molecular weight is 291 g/mol. The van der Waals surface area contributed by atoms with Crippen LogP contribution in [0.4, 0.5) is 0 Å². The molecule has 0 aliphatic heterocycles. The number of hydrogen-bond donors (Lipinski definition) is 0. The molecule has 0 aromatic rings. The second-order valence-electron chi connectivity index (χ2n) is 6.23. The lowest BCUT2D eigenvalue weighted by molar-refractivity contribution is 0.298. The lowest BCUT2D eigenvalue weighted by atomic mass is 10.9. The van der Waals surface area contributed by atoms with Gasteiger partial charge >= 0.3 is 8.56 Å². The zero-order valence-corrected chi connectivity index (χ0v) is 15.9. The summed E-state index contributed by atoms with van der Waals surface area (Å²) in [4.78, 5) is 0. The van der Waals surface area contributed by atoms with E-state index in [1.807, 2.05) is 7.11 Å². The van der Waals surface area contributed by atoms with E-state index in [-0.39, 0.29) is 0 Å². The van der Waals surface area contributed by atoms with E-state index in [9.17, 15) is 0 Å². The molecule has 0 amide bonds. The topological polar surface area (TPSA) is 18.5 Å².